The molecule has 1 rings (SSSR count). The summed E-state index contributed by atoms with van der Waals surface area (Å²) < 4.78 is 38.8. The predicted molar refractivity (Wildman–Crippen MR) is 58.9 cm³/mol. The second kappa shape index (κ2) is 5.77. The number of anilines is 1. The molecule has 1 aromatic carbocycles. The molecule has 1 aromatic rings. The van der Waals surface area contributed by atoms with Crippen molar-refractivity contribution in [2.75, 3.05) is 11.9 Å². The van der Waals surface area contributed by atoms with Gasteiger partial charge in [-0.2, -0.15) is 0 Å². The summed E-state index contributed by atoms with van der Waals surface area (Å²) in [5.74, 6) is -2.39. The van der Waals surface area contributed by atoms with Crippen molar-refractivity contribution in [1.82, 2.24) is 0 Å². The van der Waals surface area contributed by atoms with Crippen LogP contribution in [0, 0.1) is 23.4 Å². The van der Waals surface area contributed by atoms with Gasteiger partial charge in [0.2, 0.25) is 0 Å². The van der Waals surface area contributed by atoms with Gasteiger partial charge in [-0.15, -0.1) is 0 Å². The number of rotatable bonds is 5. The maximum Gasteiger partial charge on any atom is 0.182 e. The van der Waals surface area contributed by atoms with Gasteiger partial charge in [-0.1, -0.05) is 13.8 Å². The minimum absolute atomic E-state index is 0.110. The van der Waals surface area contributed by atoms with E-state index < -0.39 is 17.5 Å². The molecule has 0 bridgehead atoms. The van der Waals surface area contributed by atoms with Crippen molar-refractivity contribution in [3.63, 3.8) is 0 Å². The first-order valence-corrected chi connectivity index (χ1v) is 5.39. The van der Waals surface area contributed by atoms with Crippen LogP contribution in [-0.4, -0.2) is 6.54 Å². The normalized spacial score (nSPS) is 10.9. The molecule has 0 aromatic heterocycles. The molecular weight excluding hydrogens is 215 g/mol. The van der Waals surface area contributed by atoms with Crippen molar-refractivity contribution in [2.24, 2.45) is 5.92 Å². The summed E-state index contributed by atoms with van der Waals surface area (Å²) in [6.07, 6.45) is 1.83. The number of halogens is 3. The first-order valence-electron chi connectivity index (χ1n) is 5.39. The smallest absolute Gasteiger partial charge is 0.182 e. The molecule has 0 aliphatic heterocycles. The molecule has 0 heterocycles. The van der Waals surface area contributed by atoms with Gasteiger partial charge >= 0.3 is 0 Å². The fraction of sp³-hybridized carbons (Fsp3) is 0.500. The van der Waals surface area contributed by atoms with E-state index in [4.69, 9.17) is 0 Å². The van der Waals surface area contributed by atoms with E-state index in [1.54, 1.807) is 0 Å². The molecule has 90 valence electrons. The highest BCUT2D eigenvalue weighted by molar-refractivity contribution is 5.45. The van der Waals surface area contributed by atoms with Crippen LogP contribution in [0.15, 0.2) is 12.1 Å². The highest BCUT2D eigenvalue weighted by atomic mass is 19.2. The quantitative estimate of drug-likeness (QED) is 0.597. The van der Waals surface area contributed by atoms with Gasteiger partial charge in [0, 0.05) is 18.7 Å². The summed E-state index contributed by atoms with van der Waals surface area (Å²) in [6, 6.07) is 1.50. The maximum atomic E-state index is 13.2. The van der Waals surface area contributed by atoms with E-state index in [-0.39, 0.29) is 5.69 Å². The van der Waals surface area contributed by atoms with Gasteiger partial charge in [0.05, 0.1) is 5.69 Å². The van der Waals surface area contributed by atoms with E-state index in [0.29, 0.717) is 18.5 Å². The lowest BCUT2D eigenvalue weighted by Gasteiger charge is -2.09. The Labute approximate surface area is 93.7 Å². The Balaban J connectivity index is 2.53. The van der Waals surface area contributed by atoms with Crippen LogP contribution in [0.5, 0.6) is 0 Å². The summed E-state index contributed by atoms with van der Waals surface area (Å²) in [5, 5.41) is 2.69. The van der Waals surface area contributed by atoms with Gasteiger partial charge in [0.15, 0.2) is 11.6 Å². The predicted octanol–water partition coefficient (Wildman–Crippen LogP) is 3.95. The van der Waals surface area contributed by atoms with Crippen LogP contribution < -0.4 is 5.32 Å². The third-order valence-corrected chi connectivity index (χ3v) is 2.27. The monoisotopic (exact) mass is 231 g/mol. The second-order valence-corrected chi connectivity index (χ2v) is 4.21. The Morgan fingerprint density at radius 2 is 1.88 bits per heavy atom. The Bertz CT molecular complexity index is 350. The van der Waals surface area contributed by atoms with Gasteiger partial charge in [0.25, 0.3) is 0 Å². The van der Waals surface area contributed by atoms with Crippen LogP contribution >= 0.6 is 0 Å². The molecule has 1 nitrogen and oxygen atoms in total. The first-order chi connectivity index (χ1) is 7.50. The summed E-state index contributed by atoms with van der Waals surface area (Å²) >= 11 is 0. The fourth-order valence-electron chi connectivity index (χ4n) is 1.42. The molecule has 0 spiro atoms. The van der Waals surface area contributed by atoms with E-state index >= 15 is 0 Å². The first kappa shape index (κ1) is 12.9. The number of hydrogen-bond acceptors (Lipinski definition) is 1. The van der Waals surface area contributed by atoms with Crippen LogP contribution in [0.2, 0.25) is 0 Å². The minimum atomic E-state index is -1.16. The average molecular weight is 231 g/mol. The van der Waals surface area contributed by atoms with Gasteiger partial charge in [0.1, 0.15) is 5.82 Å². The topological polar surface area (TPSA) is 12.0 Å². The lowest BCUT2D eigenvalue weighted by molar-refractivity contribution is 0.496. The summed E-state index contributed by atoms with van der Waals surface area (Å²) in [4.78, 5) is 0. The van der Waals surface area contributed by atoms with Gasteiger partial charge in [-0.25, -0.2) is 13.2 Å². The highest BCUT2D eigenvalue weighted by Crippen LogP contribution is 2.19. The molecule has 0 fully saturated rings. The number of nitrogens with one attached hydrogen (secondary N) is 1. The molecule has 0 radical (unpaired) electrons. The zero-order chi connectivity index (χ0) is 12.1. The van der Waals surface area contributed by atoms with Crippen LogP contribution in [0.4, 0.5) is 18.9 Å². The molecular formula is C12H16F3N. The van der Waals surface area contributed by atoms with Crippen molar-refractivity contribution in [3.8, 4) is 0 Å². The van der Waals surface area contributed by atoms with E-state index in [0.717, 1.165) is 18.9 Å². The Hall–Kier alpha value is -1.19. The Kier molecular flexibility index (Phi) is 4.65. The fourth-order valence-corrected chi connectivity index (χ4v) is 1.42. The zero-order valence-electron chi connectivity index (χ0n) is 9.49. The van der Waals surface area contributed by atoms with Crippen LogP contribution in [-0.2, 0) is 0 Å². The molecule has 0 saturated carbocycles. The SMILES string of the molecule is CC(C)CCCNc1cc(F)cc(F)c1F. The van der Waals surface area contributed by atoms with Crippen LogP contribution in [0.1, 0.15) is 26.7 Å². The molecule has 4 heteroatoms. The summed E-state index contributed by atoms with van der Waals surface area (Å²) in [6.45, 7) is 4.68. The molecule has 0 amide bonds. The summed E-state index contributed by atoms with van der Waals surface area (Å²) in [5.41, 5.74) is -0.110. The lowest BCUT2D eigenvalue weighted by atomic mass is 10.1. The highest BCUT2D eigenvalue weighted by Gasteiger charge is 2.10. The molecule has 0 saturated heterocycles. The van der Waals surface area contributed by atoms with Crippen molar-refractivity contribution in [1.29, 1.82) is 0 Å². The molecule has 0 aliphatic rings. The van der Waals surface area contributed by atoms with E-state index in [1.165, 1.54) is 0 Å². The zero-order valence-corrected chi connectivity index (χ0v) is 9.49. The largest absolute Gasteiger partial charge is 0.383 e. The average Bonchev–Trinajstić information content (AvgIpc) is 2.19. The Morgan fingerprint density at radius 1 is 1.19 bits per heavy atom. The molecule has 0 aliphatic carbocycles. The van der Waals surface area contributed by atoms with Gasteiger partial charge in [-0.05, 0) is 18.8 Å². The van der Waals surface area contributed by atoms with Crippen molar-refractivity contribution < 1.29 is 13.2 Å². The van der Waals surface area contributed by atoms with Crippen molar-refractivity contribution >= 4 is 5.69 Å². The number of hydrogen-bond donors (Lipinski definition) is 1. The second-order valence-electron chi connectivity index (χ2n) is 4.21. The third-order valence-electron chi connectivity index (χ3n) is 2.27. The van der Waals surface area contributed by atoms with Crippen molar-refractivity contribution in [2.45, 2.75) is 26.7 Å². The maximum absolute atomic E-state index is 13.2. The molecule has 0 unspecified atom stereocenters. The van der Waals surface area contributed by atoms with E-state index in [2.05, 4.69) is 19.2 Å². The van der Waals surface area contributed by atoms with Gasteiger partial charge in [-0.3, -0.25) is 0 Å². The van der Waals surface area contributed by atoms with Crippen molar-refractivity contribution in [3.05, 3.63) is 29.6 Å². The molecule has 1 N–H and O–H groups in total. The number of benzene rings is 1. The third kappa shape index (κ3) is 3.76. The van der Waals surface area contributed by atoms with Crippen LogP contribution in [0.25, 0.3) is 0 Å². The van der Waals surface area contributed by atoms with E-state index in [1.807, 2.05) is 0 Å². The molecule has 0 atom stereocenters. The van der Waals surface area contributed by atoms with E-state index in [9.17, 15) is 13.2 Å². The lowest BCUT2D eigenvalue weighted by Crippen LogP contribution is -2.06. The van der Waals surface area contributed by atoms with Gasteiger partial charge < -0.3 is 5.32 Å². The Morgan fingerprint density at radius 3 is 2.50 bits per heavy atom. The van der Waals surface area contributed by atoms with Crippen LogP contribution in [0.3, 0.4) is 0 Å². The minimum Gasteiger partial charge on any atom is -0.383 e. The standard InChI is InChI=1S/C12H16F3N/c1-8(2)4-3-5-16-11-7-9(13)6-10(14)12(11)15/h6-8,16H,3-5H2,1-2H3. The summed E-state index contributed by atoms with van der Waals surface area (Å²) in [7, 11) is 0. The molecule has 16 heavy (non-hydrogen) atoms.